The van der Waals surface area contributed by atoms with Crippen molar-refractivity contribution in [1.29, 1.82) is 0 Å². The minimum atomic E-state index is -3.64. The van der Waals surface area contributed by atoms with Crippen molar-refractivity contribution in [2.45, 2.75) is 50.5 Å². The highest BCUT2D eigenvalue weighted by Gasteiger charge is 2.37. The number of likely N-dealkylation sites (tertiary alicyclic amines) is 1. The van der Waals surface area contributed by atoms with Gasteiger partial charge in [-0.2, -0.15) is 9.40 Å². The van der Waals surface area contributed by atoms with Crippen molar-refractivity contribution in [3.8, 4) is 0 Å². The number of hydrogen-bond donors (Lipinski definition) is 2. The van der Waals surface area contributed by atoms with E-state index < -0.39 is 10.0 Å². The fourth-order valence-electron chi connectivity index (χ4n) is 3.79. The molecule has 2 fully saturated rings. The smallest absolute Gasteiger partial charge is 0.246 e. The monoisotopic (exact) mass is 405 g/mol. The number of aromatic amines is 1. The number of nitrogens with two attached hydrogens (primary N) is 1. The van der Waals surface area contributed by atoms with E-state index in [-0.39, 0.29) is 41.7 Å². The van der Waals surface area contributed by atoms with Crippen LogP contribution in [0.3, 0.4) is 0 Å². The van der Waals surface area contributed by atoms with E-state index >= 15 is 0 Å². The lowest BCUT2D eigenvalue weighted by atomic mass is 9.96. The number of aryl methyl sites for hydroxylation is 2. The molecule has 8 nitrogen and oxygen atoms in total. The Morgan fingerprint density at radius 2 is 1.85 bits per heavy atom. The van der Waals surface area contributed by atoms with Crippen LogP contribution in [0.2, 0.25) is 0 Å². The van der Waals surface area contributed by atoms with Crippen molar-refractivity contribution in [3.63, 3.8) is 0 Å². The maximum absolute atomic E-state index is 13.0. The molecular weight excluding hydrogens is 378 g/mol. The first kappa shape index (κ1) is 21.1. The van der Waals surface area contributed by atoms with Gasteiger partial charge in [0.2, 0.25) is 15.9 Å². The van der Waals surface area contributed by atoms with Gasteiger partial charge in [-0.3, -0.25) is 9.89 Å². The number of carbonyl (C=O) groups excluding carboxylic acids is 1. The molecule has 1 unspecified atom stereocenters. The molecule has 0 radical (unpaired) electrons. The lowest BCUT2D eigenvalue weighted by Gasteiger charge is -2.36. The van der Waals surface area contributed by atoms with Crippen molar-refractivity contribution in [1.82, 2.24) is 19.4 Å². The summed E-state index contributed by atoms with van der Waals surface area (Å²) in [7, 11) is -3.64. The van der Waals surface area contributed by atoms with Crippen LogP contribution in [0.4, 0.5) is 0 Å². The lowest BCUT2D eigenvalue weighted by molar-refractivity contribution is -0.137. The average molecular weight is 406 g/mol. The van der Waals surface area contributed by atoms with E-state index in [0.29, 0.717) is 37.4 Å². The average Bonchev–Trinajstić information content (AvgIpc) is 2.94. The number of nitrogens with zero attached hydrogens (tertiary/aromatic N) is 3. The quantitative estimate of drug-likeness (QED) is 0.772. The molecule has 3 N–H and O–H groups in total. The summed E-state index contributed by atoms with van der Waals surface area (Å²) in [6.07, 6.45) is 3.05. The van der Waals surface area contributed by atoms with Crippen molar-refractivity contribution in [2.24, 2.45) is 11.7 Å². The Morgan fingerprint density at radius 3 is 2.42 bits per heavy atom. The highest BCUT2D eigenvalue weighted by atomic mass is 35.5. The number of halogens is 1. The Bertz CT molecular complexity index is 724. The number of nitrogens with one attached hydrogen (secondary N) is 1. The highest BCUT2D eigenvalue weighted by molar-refractivity contribution is 7.89. The standard InChI is InChI=1S/C16H27N5O3S.ClH/c1-11-15(12(2)19-18-11)25(23,24)21-7-3-4-13(10-21)16(22)20-8-5-14(17)6-9-20;/h13-14H,3-10,17H2,1-2H3,(H,18,19);1H. The van der Waals surface area contributed by atoms with Gasteiger partial charge >= 0.3 is 0 Å². The van der Waals surface area contributed by atoms with Gasteiger partial charge in [0.25, 0.3) is 0 Å². The predicted octanol–water partition coefficient (Wildman–Crippen LogP) is 0.799. The summed E-state index contributed by atoms with van der Waals surface area (Å²) in [6.45, 7) is 5.41. The van der Waals surface area contributed by atoms with Crippen molar-refractivity contribution in [2.75, 3.05) is 26.2 Å². The van der Waals surface area contributed by atoms with Gasteiger partial charge in [0.05, 0.1) is 17.3 Å². The van der Waals surface area contributed by atoms with Crippen LogP contribution < -0.4 is 5.73 Å². The van der Waals surface area contributed by atoms with Crippen molar-refractivity contribution < 1.29 is 13.2 Å². The molecule has 3 rings (SSSR count). The molecule has 2 aliphatic rings. The molecule has 1 aromatic rings. The number of carbonyl (C=O) groups is 1. The van der Waals surface area contributed by atoms with Crippen LogP contribution in [-0.4, -0.2) is 65.9 Å². The summed E-state index contributed by atoms with van der Waals surface area (Å²) in [4.78, 5) is 14.9. The minimum Gasteiger partial charge on any atom is -0.342 e. The molecule has 0 saturated carbocycles. The maximum Gasteiger partial charge on any atom is 0.246 e. The fraction of sp³-hybridized carbons (Fsp3) is 0.750. The summed E-state index contributed by atoms with van der Waals surface area (Å²) in [5, 5.41) is 6.72. The number of rotatable bonds is 3. The van der Waals surface area contributed by atoms with Crippen LogP contribution in [0, 0.1) is 19.8 Å². The SMILES string of the molecule is Cc1n[nH]c(C)c1S(=O)(=O)N1CCCC(C(=O)N2CCC(N)CC2)C1.Cl. The van der Waals surface area contributed by atoms with Crippen LogP contribution in [0.25, 0.3) is 0 Å². The van der Waals surface area contributed by atoms with Crippen molar-refractivity contribution >= 4 is 28.3 Å². The maximum atomic E-state index is 13.0. The summed E-state index contributed by atoms with van der Waals surface area (Å²) < 4.78 is 27.4. The number of piperidine rings is 2. The van der Waals surface area contributed by atoms with Gasteiger partial charge in [0, 0.05) is 32.2 Å². The predicted molar refractivity (Wildman–Crippen MR) is 101 cm³/mol. The van der Waals surface area contributed by atoms with Crippen LogP contribution in [0.5, 0.6) is 0 Å². The second-order valence-electron chi connectivity index (χ2n) is 7.13. The van der Waals surface area contributed by atoms with E-state index in [0.717, 1.165) is 19.3 Å². The number of aromatic nitrogens is 2. The van der Waals surface area contributed by atoms with Crippen molar-refractivity contribution in [3.05, 3.63) is 11.4 Å². The Kier molecular flexibility index (Phi) is 6.70. The summed E-state index contributed by atoms with van der Waals surface area (Å²) in [5.41, 5.74) is 6.91. The first-order chi connectivity index (χ1) is 11.8. The van der Waals surface area contributed by atoms with Crippen LogP contribution in [0.15, 0.2) is 4.90 Å². The third-order valence-corrected chi connectivity index (χ3v) is 7.37. The zero-order chi connectivity index (χ0) is 18.2. The number of sulfonamides is 1. The van der Waals surface area contributed by atoms with E-state index in [4.69, 9.17) is 5.73 Å². The first-order valence-electron chi connectivity index (χ1n) is 8.86. The Hall–Kier alpha value is -1.16. The number of H-pyrrole nitrogens is 1. The summed E-state index contributed by atoms with van der Waals surface area (Å²) >= 11 is 0. The number of amides is 1. The molecule has 0 aromatic carbocycles. The molecule has 2 aliphatic heterocycles. The second-order valence-corrected chi connectivity index (χ2v) is 9.00. The van der Waals surface area contributed by atoms with Gasteiger partial charge in [-0.05, 0) is 39.5 Å². The third-order valence-electron chi connectivity index (χ3n) is 5.24. The van der Waals surface area contributed by atoms with Gasteiger partial charge in [-0.25, -0.2) is 8.42 Å². The Morgan fingerprint density at radius 1 is 1.19 bits per heavy atom. The molecule has 10 heteroatoms. The van der Waals surface area contributed by atoms with Crippen LogP contribution in [-0.2, 0) is 14.8 Å². The minimum absolute atomic E-state index is 0. The number of hydrogen-bond acceptors (Lipinski definition) is 5. The van der Waals surface area contributed by atoms with E-state index in [9.17, 15) is 13.2 Å². The molecule has 2 saturated heterocycles. The van der Waals surface area contributed by atoms with E-state index in [1.54, 1.807) is 13.8 Å². The molecule has 1 atom stereocenters. The van der Waals surface area contributed by atoms with E-state index in [2.05, 4.69) is 10.2 Å². The molecule has 0 spiro atoms. The molecule has 1 amide bonds. The van der Waals surface area contributed by atoms with E-state index in [1.165, 1.54) is 4.31 Å². The zero-order valence-corrected chi connectivity index (χ0v) is 16.9. The molecule has 1 aromatic heterocycles. The van der Waals surface area contributed by atoms with Gasteiger partial charge < -0.3 is 10.6 Å². The third kappa shape index (κ3) is 4.05. The molecule has 3 heterocycles. The Balaban J connectivity index is 0.00000243. The van der Waals surface area contributed by atoms with Crippen LogP contribution in [0.1, 0.15) is 37.1 Å². The van der Waals surface area contributed by atoms with Crippen LogP contribution >= 0.6 is 12.4 Å². The molecule has 148 valence electrons. The normalized spacial score (nSPS) is 22.9. The van der Waals surface area contributed by atoms with Gasteiger partial charge in [-0.1, -0.05) is 0 Å². The molecule has 0 bridgehead atoms. The second kappa shape index (κ2) is 8.24. The molecular formula is C16H28ClN5O3S. The Labute approximate surface area is 160 Å². The fourth-order valence-corrected chi connectivity index (χ4v) is 5.65. The van der Waals surface area contributed by atoms with Gasteiger partial charge in [-0.15, -0.1) is 12.4 Å². The molecule has 26 heavy (non-hydrogen) atoms. The zero-order valence-electron chi connectivity index (χ0n) is 15.3. The van der Waals surface area contributed by atoms with Gasteiger partial charge in [0.15, 0.2) is 0 Å². The molecule has 0 aliphatic carbocycles. The summed E-state index contributed by atoms with van der Waals surface area (Å²) in [6, 6.07) is 0.166. The topological polar surface area (TPSA) is 112 Å². The van der Waals surface area contributed by atoms with E-state index in [1.807, 2.05) is 4.90 Å². The van der Waals surface area contributed by atoms with Gasteiger partial charge in [0.1, 0.15) is 4.90 Å². The largest absolute Gasteiger partial charge is 0.342 e. The first-order valence-corrected chi connectivity index (χ1v) is 10.3. The lowest BCUT2D eigenvalue weighted by Crippen LogP contribution is -2.50. The summed E-state index contributed by atoms with van der Waals surface area (Å²) in [5.74, 6) is -0.210. The highest BCUT2D eigenvalue weighted by Crippen LogP contribution is 2.28.